The molecule has 3 rings (SSSR count). The molecule has 3 aromatic rings. The van der Waals surface area contributed by atoms with Gasteiger partial charge in [0.2, 0.25) is 0 Å². The van der Waals surface area contributed by atoms with E-state index in [0.29, 0.717) is 12.1 Å². The van der Waals surface area contributed by atoms with Gasteiger partial charge >= 0.3 is 0 Å². The lowest BCUT2D eigenvalue weighted by Gasteiger charge is -2.09. The zero-order chi connectivity index (χ0) is 13.9. The van der Waals surface area contributed by atoms with Crippen molar-refractivity contribution in [2.24, 2.45) is 0 Å². The van der Waals surface area contributed by atoms with Crippen molar-refractivity contribution in [3.05, 3.63) is 66.1 Å². The molecule has 0 unspecified atom stereocenters. The summed E-state index contributed by atoms with van der Waals surface area (Å²) in [5, 5.41) is 4.07. The van der Waals surface area contributed by atoms with Crippen LogP contribution in [0.1, 0.15) is 5.56 Å². The maximum absolute atomic E-state index is 13.7. The second-order valence-corrected chi connectivity index (χ2v) is 4.72. The second kappa shape index (κ2) is 5.39. The Labute approximate surface area is 117 Å². The number of nitrogens with zero attached hydrogens (tertiary/aromatic N) is 1. The fourth-order valence-electron chi connectivity index (χ4n) is 2.41. The molecule has 0 aliphatic heterocycles. The van der Waals surface area contributed by atoms with E-state index in [-0.39, 0.29) is 5.82 Å². The van der Waals surface area contributed by atoms with Gasteiger partial charge in [-0.25, -0.2) is 4.39 Å². The Bertz CT molecular complexity index is 748. The van der Waals surface area contributed by atoms with Crippen molar-refractivity contribution in [2.75, 3.05) is 7.05 Å². The Morgan fingerprint density at radius 1 is 1.10 bits per heavy atom. The number of benzene rings is 2. The van der Waals surface area contributed by atoms with Crippen LogP contribution in [-0.2, 0) is 6.54 Å². The molecule has 0 radical (unpaired) electrons. The van der Waals surface area contributed by atoms with E-state index in [2.05, 4.69) is 10.3 Å². The van der Waals surface area contributed by atoms with Crippen molar-refractivity contribution in [1.82, 2.24) is 10.3 Å². The molecule has 0 spiro atoms. The van der Waals surface area contributed by atoms with E-state index in [9.17, 15) is 4.39 Å². The van der Waals surface area contributed by atoms with Crippen LogP contribution in [0, 0.1) is 5.82 Å². The van der Waals surface area contributed by atoms with Crippen LogP contribution >= 0.6 is 0 Å². The molecule has 1 N–H and O–H groups in total. The van der Waals surface area contributed by atoms with Gasteiger partial charge in [-0.15, -0.1) is 0 Å². The molecule has 1 aromatic heterocycles. The number of hydrogen-bond acceptors (Lipinski definition) is 2. The van der Waals surface area contributed by atoms with E-state index >= 15 is 0 Å². The topological polar surface area (TPSA) is 24.9 Å². The molecular weight excluding hydrogens is 251 g/mol. The van der Waals surface area contributed by atoms with Crippen LogP contribution in [0.15, 0.2) is 54.7 Å². The van der Waals surface area contributed by atoms with Gasteiger partial charge < -0.3 is 5.32 Å². The number of hydrogen-bond donors (Lipinski definition) is 1. The molecule has 1 heterocycles. The molecule has 0 bridgehead atoms. The predicted octanol–water partition coefficient (Wildman–Crippen LogP) is 3.76. The van der Waals surface area contributed by atoms with E-state index in [0.717, 1.165) is 22.0 Å². The maximum atomic E-state index is 13.7. The third kappa shape index (κ3) is 2.28. The molecule has 2 aromatic carbocycles. The van der Waals surface area contributed by atoms with Gasteiger partial charge in [0, 0.05) is 29.3 Å². The van der Waals surface area contributed by atoms with E-state index in [1.807, 2.05) is 43.4 Å². The Kier molecular flexibility index (Phi) is 3.44. The third-order valence-electron chi connectivity index (χ3n) is 3.36. The first-order valence-electron chi connectivity index (χ1n) is 6.57. The number of pyridine rings is 1. The van der Waals surface area contributed by atoms with Crippen LogP contribution in [-0.4, -0.2) is 12.0 Å². The lowest BCUT2D eigenvalue weighted by atomic mass is 10.00. The SMILES string of the molecule is CNCc1cc(-c2cccc3cccnc23)ccc1F. The average Bonchev–Trinajstić information content (AvgIpc) is 2.49. The van der Waals surface area contributed by atoms with Gasteiger partial charge in [0.05, 0.1) is 5.52 Å². The number of fused-ring (bicyclic) bond motifs is 1. The molecule has 0 atom stereocenters. The minimum absolute atomic E-state index is 0.184. The maximum Gasteiger partial charge on any atom is 0.127 e. The Balaban J connectivity index is 2.18. The highest BCUT2D eigenvalue weighted by Gasteiger charge is 2.08. The normalized spacial score (nSPS) is 10.9. The van der Waals surface area contributed by atoms with Crippen molar-refractivity contribution in [1.29, 1.82) is 0 Å². The molecule has 3 heteroatoms. The lowest BCUT2D eigenvalue weighted by Crippen LogP contribution is -2.07. The Morgan fingerprint density at radius 3 is 2.80 bits per heavy atom. The van der Waals surface area contributed by atoms with Crippen LogP contribution in [0.25, 0.3) is 22.0 Å². The number of para-hydroxylation sites is 1. The summed E-state index contributed by atoms with van der Waals surface area (Å²) in [5.41, 5.74) is 3.62. The highest BCUT2D eigenvalue weighted by atomic mass is 19.1. The minimum atomic E-state index is -0.184. The third-order valence-corrected chi connectivity index (χ3v) is 3.36. The second-order valence-electron chi connectivity index (χ2n) is 4.72. The number of aromatic nitrogens is 1. The van der Waals surface area contributed by atoms with Crippen molar-refractivity contribution < 1.29 is 4.39 Å². The molecule has 0 aliphatic carbocycles. The summed E-state index contributed by atoms with van der Waals surface area (Å²) in [7, 11) is 1.81. The van der Waals surface area contributed by atoms with E-state index < -0.39 is 0 Å². The predicted molar refractivity (Wildman–Crippen MR) is 79.9 cm³/mol. The van der Waals surface area contributed by atoms with Crippen molar-refractivity contribution in [3.8, 4) is 11.1 Å². The summed E-state index contributed by atoms with van der Waals surface area (Å²) in [4.78, 5) is 4.45. The zero-order valence-corrected chi connectivity index (χ0v) is 11.2. The first kappa shape index (κ1) is 12.8. The number of nitrogens with one attached hydrogen (secondary N) is 1. The van der Waals surface area contributed by atoms with Crippen molar-refractivity contribution in [2.45, 2.75) is 6.54 Å². The molecule has 0 saturated heterocycles. The van der Waals surface area contributed by atoms with Crippen LogP contribution in [0.3, 0.4) is 0 Å². The highest BCUT2D eigenvalue weighted by molar-refractivity contribution is 5.93. The van der Waals surface area contributed by atoms with Crippen molar-refractivity contribution in [3.63, 3.8) is 0 Å². The monoisotopic (exact) mass is 266 g/mol. The van der Waals surface area contributed by atoms with Gasteiger partial charge in [-0.3, -0.25) is 4.98 Å². The molecule has 20 heavy (non-hydrogen) atoms. The number of halogens is 1. The van der Waals surface area contributed by atoms with Gasteiger partial charge in [0.15, 0.2) is 0 Å². The van der Waals surface area contributed by atoms with Crippen LogP contribution in [0.5, 0.6) is 0 Å². The molecule has 2 nitrogen and oxygen atoms in total. The highest BCUT2D eigenvalue weighted by Crippen LogP contribution is 2.28. The summed E-state index contributed by atoms with van der Waals surface area (Å²) in [5.74, 6) is -0.184. The summed E-state index contributed by atoms with van der Waals surface area (Å²) in [6, 6.07) is 15.2. The summed E-state index contributed by atoms with van der Waals surface area (Å²) < 4.78 is 13.7. The van der Waals surface area contributed by atoms with Crippen LogP contribution in [0.4, 0.5) is 4.39 Å². The van der Waals surface area contributed by atoms with E-state index in [1.54, 1.807) is 12.3 Å². The Morgan fingerprint density at radius 2 is 1.95 bits per heavy atom. The molecule has 0 fully saturated rings. The average molecular weight is 266 g/mol. The lowest BCUT2D eigenvalue weighted by molar-refractivity contribution is 0.601. The standard InChI is InChI=1S/C17H15FN2/c1-19-11-14-10-13(7-8-16(14)18)15-6-2-4-12-5-3-9-20-17(12)15/h2-10,19H,11H2,1H3. The van der Waals surface area contributed by atoms with E-state index in [4.69, 9.17) is 0 Å². The van der Waals surface area contributed by atoms with Gasteiger partial charge in [0.1, 0.15) is 5.82 Å². The van der Waals surface area contributed by atoms with Crippen LogP contribution in [0.2, 0.25) is 0 Å². The molecule has 0 saturated carbocycles. The minimum Gasteiger partial charge on any atom is -0.316 e. The van der Waals surface area contributed by atoms with Crippen molar-refractivity contribution >= 4 is 10.9 Å². The summed E-state index contributed by atoms with van der Waals surface area (Å²) >= 11 is 0. The smallest absolute Gasteiger partial charge is 0.127 e. The zero-order valence-electron chi connectivity index (χ0n) is 11.2. The van der Waals surface area contributed by atoms with E-state index in [1.165, 1.54) is 6.07 Å². The first-order valence-corrected chi connectivity index (χ1v) is 6.57. The van der Waals surface area contributed by atoms with Gasteiger partial charge in [-0.1, -0.05) is 30.3 Å². The summed E-state index contributed by atoms with van der Waals surface area (Å²) in [6.07, 6.45) is 1.78. The van der Waals surface area contributed by atoms with Gasteiger partial charge in [-0.2, -0.15) is 0 Å². The molecular formula is C17H15FN2. The van der Waals surface area contributed by atoms with Gasteiger partial charge in [0.25, 0.3) is 0 Å². The quantitative estimate of drug-likeness (QED) is 0.780. The molecule has 0 aliphatic rings. The first-order chi connectivity index (χ1) is 9.79. The fourth-order valence-corrected chi connectivity index (χ4v) is 2.41. The molecule has 0 amide bonds. The molecule has 100 valence electrons. The largest absolute Gasteiger partial charge is 0.316 e. The Hall–Kier alpha value is -2.26. The van der Waals surface area contributed by atoms with Gasteiger partial charge in [-0.05, 0) is 30.8 Å². The fraction of sp³-hybridized carbons (Fsp3) is 0.118. The van der Waals surface area contributed by atoms with Crippen LogP contribution < -0.4 is 5.32 Å². The summed E-state index contributed by atoms with van der Waals surface area (Å²) in [6.45, 7) is 0.512. The number of rotatable bonds is 3.